The smallest absolute Gasteiger partial charge is 0.270 e. The van der Waals surface area contributed by atoms with E-state index in [0.29, 0.717) is 23.5 Å². The van der Waals surface area contributed by atoms with Crippen molar-refractivity contribution in [2.75, 3.05) is 25.0 Å². The highest BCUT2D eigenvalue weighted by Crippen LogP contribution is 2.25. The third-order valence-electron chi connectivity index (χ3n) is 4.21. The van der Waals surface area contributed by atoms with Crippen molar-refractivity contribution in [1.82, 2.24) is 25.7 Å². The van der Waals surface area contributed by atoms with Gasteiger partial charge < -0.3 is 10.6 Å². The molecule has 1 aliphatic carbocycles. The van der Waals surface area contributed by atoms with Crippen LogP contribution in [0.4, 0.5) is 5.82 Å². The molecule has 22 heavy (non-hydrogen) atoms. The zero-order valence-corrected chi connectivity index (χ0v) is 13.0. The van der Waals surface area contributed by atoms with Crippen LogP contribution in [-0.4, -0.2) is 52.6 Å². The van der Waals surface area contributed by atoms with Gasteiger partial charge in [0.25, 0.3) is 5.91 Å². The Morgan fingerprint density at radius 1 is 1.36 bits per heavy atom. The van der Waals surface area contributed by atoms with Crippen LogP contribution in [0, 0.1) is 0 Å². The van der Waals surface area contributed by atoms with Crippen molar-refractivity contribution >= 4 is 11.7 Å². The Bertz CT molecular complexity index is 513. The van der Waals surface area contributed by atoms with Crippen LogP contribution in [0.25, 0.3) is 0 Å². The molecule has 7 heteroatoms. The van der Waals surface area contributed by atoms with E-state index in [1.165, 1.54) is 6.33 Å². The van der Waals surface area contributed by atoms with E-state index < -0.39 is 0 Å². The number of amides is 1. The SMILES string of the molecule is CCN(NC(=O)c1cncnc1NC1CC1)C1CCNCC1. The Hall–Kier alpha value is -1.73. The van der Waals surface area contributed by atoms with Gasteiger partial charge in [-0.3, -0.25) is 10.2 Å². The summed E-state index contributed by atoms with van der Waals surface area (Å²) in [6, 6.07) is 0.841. The van der Waals surface area contributed by atoms with Crippen molar-refractivity contribution in [3.05, 3.63) is 18.1 Å². The molecule has 3 N–H and O–H groups in total. The summed E-state index contributed by atoms with van der Waals surface area (Å²) in [5, 5.41) is 8.68. The van der Waals surface area contributed by atoms with Crippen molar-refractivity contribution < 1.29 is 4.79 Å². The molecule has 120 valence electrons. The van der Waals surface area contributed by atoms with E-state index in [2.05, 4.69) is 33.0 Å². The largest absolute Gasteiger partial charge is 0.367 e. The molecular formula is C15H24N6O. The first-order valence-electron chi connectivity index (χ1n) is 8.12. The summed E-state index contributed by atoms with van der Waals surface area (Å²) in [6.07, 6.45) is 7.44. The number of aromatic nitrogens is 2. The van der Waals surface area contributed by atoms with Crippen LogP contribution in [0.1, 0.15) is 43.0 Å². The molecule has 2 fully saturated rings. The molecule has 1 aromatic rings. The number of hydrogen-bond acceptors (Lipinski definition) is 6. The molecule has 0 bridgehead atoms. The van der Waals surface area contributed by atoms with E-state index in [9.17, 15) is 4.79 Å². The van der Waals surface area contributed by atoms with E-state index >= 15 is 0 Å². The molecule has 2 heterocycles. The number of carbonyl (C=O) groups is 1. The van der Waals surface area contributed by atoms with E-state index in [4.69, 9.17) is 0 Å². The van der Waals surface area contributed by atoms with Gasteiger partial charge in [0.1, 0.15) is 17.7 Å². The lowest BCUT2D eigenvalue weighted by Crippen LogP contribution is -2.52. The fourth-order valence-electron chi connectivity index (χ4n) is 2.77. The van der Waals surface area contributed by atoms with Crippen LogP contribution >= 0.6 is 0 Å². The van der Waals surface area contributed by atoms with Gasteiger partial charge in [-0.05, 0) is 38.8 Å². The Morgan fingerprint density at radius 3 is 2.82 bits per heavy atom. The van der Waals surface area contributed by atoms with Crippen LogP contribution in [-0.2, 0) is 0 Å². The first-order chi connectivity index (χ1) is 10.8. The van der Waals surface area contributed by atoms with Crippen LogP contribution in [0.2, 0.25) is 0 Å². The monoisotopic (exact) mass is 304 g/mol. The van der Waals surface area contributed by atoms with Crippen LogP contribution < -0.4 is 16.1 Å². The van der Waals surface area contributed by atoms with Gasteiger partial charge >= 0.3 is 0 Å². The van der Waals surface area contributed by atoms with Crippen molar-refractivity contribution in [2.24, 2.45) is 0 Å². The zero-order valence-electron chi connectivity index (χ0n) is 13.0. The molecule has 1 saturated carbocycles. The van der Waals surface area contributed by atoms with Gasteiger partial charge in [0.2, 0.25) is 0 Å². The number of rotatable bonds is 6. The molecule has 1 aromatic heterocycles. The number of anilines is 1. The molecule has 7 nitrogen and oxygen atoms in total. The topological polar surface area (TPSA) is 82.2 Å². The number of piperidine rings is 1. The molecule has 0 unspecified atom stereocenters. The summed E-state index contributed by atoms with van der Waals surface area (Å²) in [5.74, 6) is 0.500. The van der Waals surface area contributed by atoms with Gasteiger partial charge in [-0.15, -0.1) is 0 Å². The Labute approximate surface area is 130 Å². The van der Waals surface area contributed by atoms with E-state index in [1.54, 1.807) is 6.20 Å². The average molecular weight is 304 g/mol. The minimum absolute atomic E-state index is 0.135. The molecule has 0 aromatic carbocycles. The lowest BCUT2D eigenvalue weighted by atomic mass is 10.1. The molecule has 0 radical (unpaired) electrons. The molecule has 1 aliphatic heterocycles. The summed E-state index contributed by atoms with van der Waals surface area (Å²) >= 11 is 0. The average Bonchev–Trinajstić information content (AvgIpc) is 3.38. The Morgan fingerprint density at radius 2 is 2.14 bits per heavy atom. The van der Waals surface area contributed by atoms with Crippen molar-refractivity contribution in [3.8, 4) is 0 Å². The number of hydrazine groups is 1. The molecule has 0 spiro atoms. The molecular weight excluding hydrogens is 280 g/mol. The summed E-state index contributed by atoms with van der Waals surface area (Å²) in [7, 11) is 0. The number of carbonyl (C=O) groups excluding carboxylic acids is 1. The summed E-state index contributed by atoms with van der Waals surface area (Å²) in [4.78, 5) is 20.8. The van der Waals surface area contributed by atoms with Crippen LogP contribution in [0.3, 0.4) is 0 Å². The minimum Gasteiger partial charge on any atom is -0.367 e. The van der Waals surface area contributed by atoms with Crippen molar-refractivity contribution in [2.45, 2.75) is 44.7 Å². The maximum Gasteiger partial charge on any atom is 0.270 e. The van der Waals surface area contributed by atoms with Gasteiger partial charge in [0.15, 0.2) is 0 Å². The Kier molecular flexibility index (Phi) is 4.84. The number of nitrogens with zero attached hydrogens (tertiary/aromatic N) is 3. The Balaban J connectivity index is 1.67. The highest BCUT2D eigenvalue weighted by atomic mass is 16.2. The maximum absolute atomic E-state index is 12.6. The maximum atomic E-state index is 12.6. The van der Waals surface area contributed by atoms with Crippen LogP contribution in [0.15, 0.2) is 12.5 Å². The van der Waals surface area contributed by atoms with Gasteiger partial charge in [-0.1, -0.05) is 6.92 Å². The summed E-state index contributed by atoms with van der Waals surface area (Å²) in [5.41, 5.74) is 3.55. The van der Waals surface area contributed by atoms with Gasteiger partial charge in [0.05, 0.1) is 0 Å². The van der Waals surface area contributed by atoms with E-state index in [1.807, 2.05) is 5.01 Å². The standard InChI is InChI=1S/C15H24N6O/c1-2-21(12-5-7-16-8-6-12)20-15(22)13-9-17-10-18-14(13)19-11-3-4-11/h9-12,16H,2-8H2,1H3,(H,20,22)(H,17,18,19). The molecule has 2 aliphatic rings. The first-order valence-corrected chi connectivity index (χ1v) is 8.12. The lowest BCUT2D eigenvalue weighted by molar-refractivity contribution is 0.0647. The third-order valence-corrected chi connectivity index (χ3v) is 4.21. The molecule has 1 saturated heterocycles. The zero-order chi connectivity index (χ0) is 15.4. The highest BCUT2D eigenvalue weighted by Gasteiger charge is 2.26. The first kappa shape index (κ1) is 15.2. The van der Waals surface area contributed by atoms with Crippen LogP contribution in [0.5, 0.6) is 0 Å². The molecule has 3 rings (SSSR count). The predicted molar refractivity (Wildman–Crippen MR) is 84.4 cm³/mol. The molecule has 1 amide bonds. The number of nitrogens with one attached hydrogen (secondary N) is 3. The summed E-state index contributed by atoms with van der Waals surface area (Å²) in [6.45, 7) is 4.85. The van der Waals surface area contributed by atoms with E-state index in [-0.39, 0.29) is 5.91 Å². The van der Waals surface area contributed by atoms with E-state index in [0.717, 1.165) is 45.3 Å². The lowest BCUT2D eigenvalue weighted by Gasteiger charge is -2.33. The van der Waals surface area contributed by atoms with Gasteiger partial charge in [-0.25, -0.2) is 15.0 Å². The molecule has 0 atom stereocenters. The predicted octanol–water partition coefficient (Wildman–Crippen LogP) is 0.770. The highest BCUT2D eigenvalue weighted by molar-refractivity contribution is 5.98. The number of hydrogen-bond donors (Lipinski definition) is 3. The fourth-order valence-corrected chi connectivity index (χ4v) is 2.77. The normalized spacial score (nSPS) is 19.2. The van der Waals surface area contributed by atoms with Gasteiger partial charge in [0, 0.05) is 24.8 Å². The second-order valence-corrected chi connectivity index (χ2v) is 5.91. The third kappa shape index (κ3) is 3.72. The second kappa shape index (κ2) is 7.02. The van der Waals surface area contributed by atoms with Gasteiger partial charge in [-0.2, -0.15) is 0 Å². The summed E-state index contributed by atoms with van der Waals surface area (Å²) < 4.78 is 0. The second-order valence-electron chi connectivity index (χ2n) is 5.91. The van der Waals surface area contributed by atoms with Crippen molar-refractivity contribution in [3.63, 3.8) is 0 Å². The fraction of sp³-hybridized carbons (Fsp3) is 0.667. The quantitative estimate of drug-likeness (QED) is 0.674. The van der Waals surface area contributed by atoms with Crippen molar-refractivity contribution in [1.29, 1.82) is 0 Å². The minimum atomic E-state index is -0.135.